The summed E-state index contributed by atoms with van der Waals surface area (Å²) in [5, 5.41) is 29.6. The molecule has 0 atom stereocenters. The maximum Gasteiger partial charge on any atom is 0.251 e. The molecule has 0 saturated heterocycles. The van der Waals surface area contributed by atoms with E-state index >= 15 is 0 Å². The largest absolute Gasteiger partial charge is 0.489 e. The van der Waals surface area contributed by atoms with Crippen molar-refractivity contribution in [1.82, 2.24) is 25.8 Å². The van der Waals surface area contributed by atoms with Gasteiger partial charge in [0.15, 0.2) is 0 Å². The van der Waals surface area contributed by atoms with Crippen molar-refractivity contribution in [2.45, 2.75) is 72.1 Å². The van der Waals surface area contributed by atoms with Crippen LogP contribution in [0.3, 0.4) is 0 Å². The molecule has 11 heteroatoms. The van der Waals surface area contributed by atoms with Crippen LogP contribution in [0.4, 0.5) is 0 Å². The molecule has 2 amide bonds. The van der Waals surface area contributed by atoms with Crippen LogP contribution in [-0.4, -0.2) is 44.2 Å². The molecule has 4 rings (SSSR count). The number of hydrogen-bond acceptors (Lipinski definition) is 7. The summed E-state index contributed by atoms with van der Waals surface area (Å²) >= 11 is 6.19. The van der Waals surface area contributed by atoms with Crippen molar-refractivity contribution < 1.29 is 19.5 Å². The number of hydroxylamine groups is 1. The van der Waals surface area contributed by atoms with Gasteiger partial charge < -0.3 is 10.1 Å². The SMILES string of the molecule is CC1(C)C(NC(=O)c2ccc(-c3cn(CCCCCC(=O)NO)nn3)cc2)C(C)(C)C1Oc1ccc(C#N)c(Cl)c1. The van der Waals surface area contributed by atoms with Gasteiger partial charge in [0.2, 0.25) is 5.91 Å². The molecular weight excluding hydrogens is 544 g/mol. The average molecular weight is 579 g/mol. The lowest BCUT2D eigenvalue weighted by atomic mass is 9.49. The number of unbranched alkanes of at least 4 members (excludes halogenated alkanes) is 2. The van der Waals surface area contributed by atoms with E-state index in [0.717, 1.165) is 18.4 Å². The Balaban J connectivity index is 1.33. The first kappa shape index (κ1) is 30.0. The lowest BCUT2D eigenvalue weighted by Gasteiger charge is -2.63. The van der Waals surface area contributed by atoms with Crippen molar-refractivity contribution in [2.75, 3.05) is 0 Å². The summed E-state index contributed by atoms with van der Waals surface area (Å²) in [6.45, 7) is 8.94. The first-order valence-corrected chi connectivity index (χ1v) is 14.0. The molecule has 10 nitrogen and oxygen atoms in total. The zero-order chi connectivity index (χ0) is 29.8. The topological polar surface area (TPSA) is 142 Å². The van der Waals surface area contributed by atoms with Gasteiger partial charge in [-0.15, -0.1) is 5.10 Å². The molecule has 2 aromatic carbocycles. The van der Waals surface area contributed by atoms with Gasteiger partial charge in [0.05, 0.1) is 16.8 Å². The van der Waals surface area contributed by atoms with Crippen LogP contribution < -0.4 is 15.5 Å². The zero-order valence-corrected chi connectivity index (χ0v) is 24.4. The summed E-state index contributed by atoms with van der Waals surface area (Å²) in [6, 6.07) is 14.2. The second kappa shape index (κ2) is 12.3. The number of rotatable bonds is 11. The fraction of sp³-hybridized carbons (Fsp3) is 0.433. The highest BCUT2D eigenvalue weighted by Crippen LogP contribution is 2.55. The minimum Gasteiger partial charge on any atom is -0.489 e. The molecule has 1 fully saturated rings. The summed E-state index contributed by atoms with van der Waals surface area (Å²) in [6.07, 6.45) is 4.31. The van der Waals surface area contributed by atoms with E-state index in [9.17, 15) is 9.59 Å². The maximum absolute atomic E-state index is 13.2. The van der Waals surface area contributed by atoms with E-state index in [1.165, 1.54) is 0 Å². The number of aryl methyl sites for hydroxylation is 1. The fourth-order valence-electron chi connectivity index (χ4n) is 5.93. The van der Waals surface area contributed by atoms with Crippen molar-refractivity contribution in [2.24, 2.45) is 10.8 Å². The second-order valence-corrected chi connectivity index (χ2v) is 12.0. The molecule has 0 bridgehead atoms. The maximum atomic E-state index is 13.2. The summed E-state index contributed by atoms with van der Waals surface area (Å²) < 4.78 is 8.07. The number of hydrogen-bond donors (Lipinski definition) is 3. The first-order chi connectivity index (χ1) is 19.5. The van der Waals surface area contributed by atoms with Crippen LogP contribution in [0.2, 0.25) is 5.02 Å². The first-order valence-electron chi connectivity index (χ1n) is 13.6. The Morgan fingerprint density at radius 1 is 1.10 bits per heavy atom. The quantitative estimate of drug-likeness (QED) is 0.162. The third kappa shape index (κ3) is 6.53. The van der Waals surface area contributed by atoms with Gasteiger partial charge in [0.1, 0.15) is 23.6 Å². The third-order valence-corrected chi connectivity index (χ3v) is 8.14. The van der Waals surface area contributed by atoms with Crippen molar-refractivity contribution in [3.05, 3.63) is 64.8 Å². The van der Waals surface area contributed by atoms with Crippen LogP contribution in [-0.2, 0) is 11.3 Å². The molecule has 0 radical (unpaired) electrons. The average Bonchev–Trinajstić information content (AvgIpc) is 3.43. The normalized spacial score (nSPS) is 18.6. The van der Waals surface area contributed by atoms with E-state index in [4.69, 9.17) is 26.8 Å². The van der Waals surface area contributed by atoms with Crippen LogP contribution in [0.1, 0.15) is 69.3 Å². The predicted octanol–water partition coefficient (Wildman–Crippen LogP) is 5.15. The molecule has 1 aliphatic rings. The van der Waals surface area contributed by atoms with Crippen LogP contribution in [0, 0.1) is 22.2 Å². The number of benzene rings is 2. The Morgan fingerprint density at radius 3 is 2.44 bits per heavy atom. The van der Waals surface area contributed by atoms with Crippen LogP contribution >= 0.6 is 11.6 Å². The number of nitriles is 1. The Morgan fingerprint density at radius 2 is 1.80 bits per heavy atom. The van der Waals surface area contributed by atoms with Gasteiger partial charge in [0, 0.05) is 47.0 Å². The van der Waals surface area contributed by atoms with Gasteiger partial charge in [-0.05, 0) is 37.1 Å². The number of aromatic nitrogens is 3. The molecule has 1 heterocycles. The van der Waals surface area contributed by atoms with Gasteiger partial charge in [0.25, 0.3) is 5.91 Å². The number of carbonyl (C=O) groups excluding carboxylic acids is 2. The van der Waals surface area contributed by atoms with E-state index in [2.05, 4.69) is 49.4 Å². The fourth-order valence-corrected chi connectivity index (χ4v) is 6.15. The number of nitrogens with zero attached hydrogens (tertiary/aromatic N) is 4. The Kier molecular flexibility index (Phi) is 9.00. The summed E-state index contributed by atoms with van der Waals surface area (Å²) in [5.74, 6) is 0.0413. The number of nitrogens with one attached hydrogen (secondary N) is 2. The van der Waals surface area contributed by atoms with E-state index < -0.39 is 0 Å². The van der Waals surface area contributed by atoms with Crippen molar-refractivity contribution in [3.8, 4) is 23.1 Å². The highest BCUT2D eigenvalue weighted by Gasteiger charge is 2.64. The van der Waals surface area contributed by atoms with Crippen molar-refractivity contribution in [3.63, 3.8) is 0 Å². The van der Waals surface area contributed by atoms with Gasteiger partial charge in [-0.1, -0.05) is 63.1 Å². The van der Waals surface area contributed by atoms with Gasteiger partial charge in [-0.25, -0.2) is 5.48 Å². The smallest absolute Gasteiger partial charge is 0.251 e. The lowest BCUT2D eigenvalue weighted by molar-refractivity contribution is -0.164. The molecule has 1 saturated carbocycles. The summed E-state index contributed by atoms with van der Waals surface area (Å²) in [5.41, 5.74) is 3.42. The van der Waals surface area contributed by atoms with Crippen molar-refractivity contribution >= 4 is 23.4 Å². The minimum absolute atomic E-state index is 0.140. The zero-order valence-electron chi connectivity index (χ0n) is 23.6. The molecular formula is C30H35ClN6O4. The standard InChI is InChI=1S/C30H35ClN6O4/c1-29(2)27(30(3,4)28(29)41-22-14-13-21(17-32)23(31)16-22)33-26(39)20-11-9-19(10-12-20)24-18-37(36-34-24)15-7-5-6-8-25(38)35-40/h9-14,16,18,27-28,40H,5-8,15H2,1-4H3,(H,33,39)(H,35,38). The molecule has 1 aromatic heterocycles. The molecule has 3 N–H and O–H groups in total. The Bertz CT molecular complexity index is 1430. The monoisotopic (exact) mass is 578 g/mol. The Labute approximate surface area is 244 Å². The third-order valence-electron chi connectivity index (χ3n) is 7.83. The highest BCUT2D eigenvalue weighted by molar-refractivity contribution is 6.31. The van der Waals surface area contributed by atoms with E-state index in [-0.39, 0.29) is 41.2 Å². The second-order valence-electron chi connectivity index (χ2n) is 11.6. The number of halogens is 1. The molecule has 0 spiro atoms. The lowest BCUT2D eigenvalue weighted by Crippen LogP contribution is -2.74. The van der Waals surface area contributed by atoms with E-state index in [0.29, 0.717) is 40.6 Å². The number of amides is 2. The number of carbonyl (C=O) groups is 2. The van der Waals surface area contributed by atoms with Crippen LogP contribution in [0.25, 0.3) is 11.3 Å². The van der Waals surface area contributed by atoms with Gasteiger partial charge in [-0.2, -0.15) is 5.26 Å². The van der Waals surface area contributed by atoms with Gasteiger partial charge >= 0.3 is 0 Å². The molecule has 41 heavy (non-hydrogen) atoms. The van der Waals surface area contributed by atoms with Crippen LogP contribution in [0.5, 0.6) is 5.75 Å². The molecule has 0 unspecified atom stereocenters. The van der Waals surface area contributed by atoms with E-state index in [1.54, 1.807) is 40.5 Å². The minimum atomic E-state index is -0.381. The van der Waals surface area contributed by atoms with Gasteiger partial charge in [-0.3, -0.25) is 19.5 Å². The molecule has 0 aliphatic heterocycles. The highest BCUT2D eigenvalue weighted by atomic mass is 35.5. The van der Waals surface area contributed by atoms with Crippen molar-refractivity contribution in [1.29, 1.82) is 5.26 Å². The number of ether oxygens (including phenoxy) is 1. The van der Waals surface area contributed by atoms with E-state index in [1.807, 2.05) is 18.3 Å². The summed E-state index contributed by atoms with van der Waals surface area (Å²) in [4.78, 5) is 24.3. The molecule has 1 aliphatic carbocycles. The Hall–Kier alpha value is -3.94. The molecule has 216 valence electrons. The molecule has 3 aromatic rings. The summed E-state index contributed by atoms with van der Waals surface area (Å²) in [7, 11) is 0. The predicted molar refractivity (Wildman–Crippen MR) is 153 cm³/mol. The van der Waals surface area contributed by atoms with Crippen LogP contribution in [0.15, 0.2) is 48.7 Å².